The van der Waals surface area contributed by atoms with Crippen molar-refractivity contribution in [1.82, 2.24) is 14.5 Å². The molecule has 0 aliphatic heterocycles. The van der Waals surface area contributed by atoms with Gasteiger partial charge in [-0.3, -0.25) is 19.0 Å². The Labute approximate surface area is 286 Å². The largest absolute Gasteiger partial charge is 0.495 e. The van der Waals surface area contributed by atoms with Crippen molar-refractivity contribution in [2.75, 3.05) is 24.9 Å². The zero-order valence-corrected chi connectivity index (χ0v) is 27.9. The van der Waals surface area contributed by atoms with Gasteiger partial charge in [-0.1, -0.05) is 60.6 Å². The van der Waals surface area contributed by atoms with Crippen LogP contribution in [0.2, 0.25) is 10.0 Å². The highest BCUT2D eigenvalue weighted by atomic mass is 35.5. The fourth-order valence-corrected chi connectivity index (χ4v) is 5.86. The number of pyridine rings is 1. The summed E-state index contributed by atoms with van der Waals surface area (Å²) >= 11 is 13.5. The Bertz CT molecular complexity index is 2130. The second-order valence-corrected chi connectivity index (χ2v) is 11.4. The summed E-state index contributed by atoms with van der Waals surface area (Å²) in [5.74, 6) is 0.279. The lowest BCUT2D eigenvalue weighted by Crippen LogP contribution is -2.24. The molecule has 0 aliphatic carbocycles. The molecule has 0 aliphatic rings. The number of hydrogen-bond acceptors (Lipinski definition) is 8. The maximum absolute atomic E-state index is 14.5. The van der Waals surface area contributed by atoms with E-state index in [4.69, 9.17) is 37.7 Å². The van der Waals surface area contributed by atoms with Gasteiger partial charge < -0.3 is 20.1 Å². The number of amides is 1. The molecule has 0 saturated carbocycles. The van der Waals surface area contributed by atoms with Crippen LogP contribution in [-0.2, 0) is 22.6 Å². The number of para-hydroxylation sites is 1. The molecule has 0 spiro atoms. The number of fused-ring (bicyclic) bond motifs is 1. The molecule has 5 aromatic rings. The number of benzene rings is 3. The average Bonchev–Trinajstić information content (AvgIpc) is 3.08. The Hall–Kier alpha value is -5.45. The number of ketones is 1. The van der Waals surface area contributed by atoms with Crippen molar-refractivity contribution in [1.29, 1.82) is 0 Å². The van der Waals surface area contributed by atoms with E-state index in [-0.39, 0.29) is 63.3 Å². The highest BCUT2D eigenvalue weighted by molar-refractivity contribution is 6.41. The number of nitrogens with one attached hydrogen (secondary N) is 2. The van der Waals surface area contributed by atoms with E-state index >= 15 is 0 Å². The first-order valence-electron chi connectivity index (χ1n) is 14.6. The molecular weight excluding hydrogens is 653 g/mol. The molecule has 2 N–H and O–H groups in total. The van der Waals surface area contributed by atoms with Crippen LogP contribution < -0.4 is 25.7 Å². The molecule has 3 aromatic carbocycles. The third-order valence-electron chi connectivity index (χ3n) is 7.65. The smallest absolute Gasteiger partial charge is 0.260 e. The van der Waals surface area contributed by atoms with Gasteiger partial charge in [-0.2, -0.15) is 4.98 Å². The summed E-state index contributed by atoms with van der Waals surface area (Å²) in [6, 6.07) is 15.8. The van der Waals surface area contributed by atoms with Crippen LogP contribution in [0.3, 0.4) is 0 Å². The molecule has 0 atom stereocenters. The third kappa shape index (κ3) is 6.95. The summed E-state index contributed by atoms with van der Waals surface area (Å²) in [4.78, 5) is 47.8. The van der Waals surface area contributed by atoms with Crippen molar-refractivity contribution in [3.8, 4) is 22.6 Å². The molecule has 1 amide bonds. The van der Waals surface area contributed by atoms with Gasteiger partial charge in [0.2, 0.25) is 11.9 Å². The maximum atomic E-state index is 14.5. The van der Waals surface area contributed by atoms with Crippen LogP contribution in [0.15, 0.2) is 90.9 Å². The number of aromatic nitrogens is 3. The van der Waals surface area contributed by atoms with Gasteiger partial charge in [0, 0.05) is 41.0 Å². The number of carbonyl (C=O) groups excluding carboxylic acids is 2. The molecule has 0 radical (unpaired) electrons. The van der Waals surface area contributed by atoms with Crippen molar-refractivity contribution in [2.45, 2.75) is 19.9 Å². The highest BCUT2D eigenvalue weighted by Crippen LogP contribution is 2.45. The average molecular weight is 685 g/mol. The summed E-state index contributed by atoms with van der Waals surface area (Å²) in [5.41, 5.74) is 3.84. The molecule has 0 bridgehead atoms. The van der Waals surface area contributed by atoms with Gasteiger partial charge in [0.1, 0.15) is 17.1 Å². The van der Waals surface area contributed by atoms with Crippen molar-refractivity contribution in [2.24, 2.45) is 0 Å². The van der Waals surface area contributed by atoms with E-state index in [1.807, 2.05) is 37.3 Å². The van der Waals surface area contributed by atoms with Crippen LogP contribution in [0.25, 0.3) is 22.2 Å². The highest BCUT2D eigenvalue weighted by Gasteiger charge is 2.24. The molecule has 12 heteroatoms. The number of anilines is 3. The van der Waals surface area contributed by atoms with Crippen LogP contribution in [-0.4, -0.2) is 40.4 Å². The Kier molecular flexibility index (Phi) is 10.3. The predicted octanol–water partition coefficient (Wildman–Crippen LogP) is 7.30. The van der Waals surface area contributed by atoms with Gasteiger partial charge in [-0.15, -0.1) is 0 Å². The van der Waals surface area contributed by atoms with E-state index in [9.17, 15) is 14.4 Å². The number of aryl methyl sites for hydroxylation is 1. The number of rotatable bonds is 12. The number of allylic oxidation sites excluding steroid dienone is 1. The van der Waals surface area contributed by atoms with Crippen molar-refractivity contribution in [3.63, 3.8) is 0 Å². The number of hydrogen-bond donors (Lipinski definition) is 2. The van der Waals surface area contributed by atoms with Gasteiger partial charge in [0.25, 0.3) is 5.56 Å². The predicted molar refractivity (Wildman–Crippen MR) is 190 cm³/mol. The van der Waals surface area contributed by atoms with Crippen LogP contribution >= 0.6 is 23.2 Å². The Morgan fingerprint density at radius 1 is 0.958 bits per heavy atom. The molecule has 244 valence electrons. The molecule has 0 fully saturated rings. The number of ether oxygens (including phenoxy) is 2. The van der Waals surface area contributed by atoms with Crippen molar-refractivity contribution < 1.29 is 19.1 Å². The van der Waals surface area contributed by atoms with E-state index < -0.39 is 5.56 Å². The number of methoxy groups -OCH3 is 2. The minimum Gasteiger partial charge on any atom is -0.495 e. The fourth-order valence-electron chi connectivity index (χ4n) is 5.16. The summed E-state index contributed by atoms with van der Waals surface area (Å²) in [6.45, 7) is 9.03. The fraction of sp³-hybridized carbons (Fsp3) is 0.139. The molecule has 48 heavy (non-hydrogen) atoms. The summed E-state index contributed by atoms with van der Waals surface area (Å²) in [5, 5.41) is 6.73. The lowest BCUT2D eigenvalue weighted by Gasteiger charge is -2.18. The van der Waals surface area contributed by atoms with Gasteiger partial charge in [-0.25, -0.2) is 4.98 Å². The molecule has 0 saturated heterocycles. The second kappa shape index (κ2) is 14.5. The molecule has 10 nitrogen and oxygen atoms in total. The topological polar surface area (TPSA) is 124 Å². The molecular formula is C36H31Cl2N5O5. The van der Waals surface area contributed by atoms with Gasteiger partial charge in [0.15, 0.2) is 5.78 Å². The van der Waals surface area contributed by atoms with Gasteiger partial charge >= 0.3 is 0 Å². The summed E-state index contributed by atoms with van der Waals surface area (Å²) in [6.07, 6.45) is 4.19. The third-order valence-corrected chi connectivity index (χ3v) is 8.40. The zero-order valence-electron chi connectivity index (χ0n) is 26.4. The minimum atomic E-state index is -0.438. The van der Waals surface area contributed by atoms with Gasteiger partial charge in [0.05, 0.1) is 36.4 Å². The molecule has 2 heterocycles. The van der Waals surface area contributed by atoms with Crippen LogP contribution in [0, 0.1) is 6.92 Å². The van der Waals surface area contributed by atoms with E-state index in [1.165, 1.54) is 30.9 Å². The second-order valence-electron chi connectivity index (χ2n) is 10.7. The molecule has 5 rings (SSSR count). The van der Waals surface area contributed by atoms with Crippen molar-refractivity contribution in [3.05, 3.63) is 123 Å². The van der Waals surface area contributed by atoms with E-state index in [0.29, 0.717) is 22.4 Å². The molecule has 0 unspecified atom stereocenters. The number of nitrogens with zero attached hydrogens (tertiary/aromatic N) is 3. The SMILES string of the molecule is C=CC(=O)Cc1ccccc1Nc1ncc2cc(-c3c(Cl)c(OC)cc(OC)c3Cl)c(=O)n(Cc3ccc(NC(=O)C=C)cc3C)c2n1. The zero-order chi connectivity index (χ0) is 34.5. The summed E-state index contributed by atoms with van der Waals surface area (Å²) < 4.78 is 12.4. The number of carbonyl (C=O) groups is 2. The first-order valence-corrected chi connectivity index (χ1v) is 15.4. The Balaban J connectivity index is 1.70. The number of halogens is 2. The lowest BCUT2D eigenvalue weighted by molar-refractivity contribution is -0.114. The Morgan fingerprint density at radius 3 is 2.31 bits per heavy atom. The van der Waals surface area contributed by atoms with Crippen molar-refractivity contribution >= 4 is 63.2 Å². The Morgan fingerprint density at radius 2 is 1.67 bits per heavy atom. The van der Waals surface area contributed by atoms with Crippen LogP contribution in [0.1, 0.15) is 16.7 Å². The first-order chi connectivity index (χ1) is 23.1. The monoisotopic (exact) mass is 683 g/mol. The van der Waals surface area contributed by atoms with E-state index in [2.05, 4.69) is 28.8 Å². The first kappa shape index (κ1) is 33.9. The molecule has 2 aromatic heterocycles. The lowest BCUT2D eigenvalue weighted by atomic mass is 10.0. The minimum absolute atomic E-state index is 0.0991. The quantitative estimate of drug-likeness (QED) is 0.131. The van der Waals surface area contributed by atoms with E-state index in [0.717, 1.165) is 16.7 Å². The van der Waals surface area contributed by atoms with E-state index in [1.54, 1.807) is 30.5 Å². The standard InChI is InChI=1S/C36H31Cl2N5O5/c1-6-25(44)15-21-10-8-9-11-27(21)41-36-39-18-23-16-26(31-32(37)28(47-4)17-29(48-5)33(31)38)35(46)43(34(23)42-36)19-22-12-13-24(14-20(22)3)40-30(45)7-2/h6-14,16-18H,1-2,15,19H2,3-5H3,(H,40,45)(H,39,41,42). The summed E-state index contributed by atoms with van der Waals surface area (Å²) in [7, 11) is 2.91. The van der Waals surface area contributed by atoms with Gasteiger partial charge in [-0.05, 0) is 60.0 Å². The van der Waals surface area contributed by atoms with Crippen LogP contribution in [0.4, 0.5) is 17.3 Å². The maximum Gasteiger partial charge on any atom is 0.260 e. The van der Waals surface area contributed by atoms with Crippen LogP contribution in [0.5, 0.6) is 11.5 Å². The normalized spacial score (nSPS) is 10.8.